The number of aromatic nitrogens is 4. The van der Waals surface area contributed by atoms with E-state index in [-0.39, 0.29) is 5.75 Å². The number of hydrogen-bond acceptors (Lipinski definition) is 6. The van der Waals surface area contributed by atoms with Gasteiger partial charge in [-0.15, -0.1) is 0 Å². The third-order valence-corrected chi connectivity index (χ3v) is 4.30. The predicted octanol–water partition coefficient (Wildman–Crippen LogP) is 2.36. The van der Waals surface area contributed by atoms with Crippen LogP contribution in [0.1, 0.15) is 12.8 Å². The van der Waals surface area contributed by atoms with E-state index in [0.29, 0.717) is 11.9 Å². The third-order valence-electron chi connectivity index (χ3n) is 4.30. The molecular formula is C17H19N5O2. The summed E-state index contributed by atoms with van der Waals surface area (Å²) in [4.78, 5) is 13.2. The molecule has 0 aliphatic carbocycles. The van der Waals surface area contributed by atoms with Crippen molar-refractivity contribution < 1.29 is 9.84 Å². The van der Waals surface area contributed by atoms with Crippen LogP contribution in [0.4, 0.5) is 5.82 Å². The Labute approximate surface area is 139 Å². The van der Waals surface area contributed by atoms with E-state index in [0.717, 1.165) is 49.3 Å². The Bertz CT molecular complexity index is 828. The Morgan fingerprint density at radius 3 is 2.92 bits per heavy atom. The fourth-order valence-corrected chi connectivity index (χ4v) is 2.92. The molecule has 0 atom stereocenters. The van der Waals surface area contributed by atoms with Crippen LogP contribution in [0.15, 0.2) is 36.9 Å². The van der Waals surface area contributed by atoms with Gasteiger partial charge in [0.05, 0.1) is 5.52 Å². The fourth-order valence-electron chi connectivity index (χ4n) is 2.92. The van der Waals surface area contributed by atoms with Crippen molar-refractivity contribution >= 4 is 16.7 Å². The molecule has 1 aromatic carbocycles. The summed E-state index contributed by atoms with van der Waals surface area (Å²) < 4.78 is 7.18. The van der Waals surface area contributed by atoms with Crippen LogP contribution in [0.3, 0.4) is 0 Å². The van der Waals surface area contributed by atoms with Gasteiger partial charge in [0, 0.05) is 37.5 Å². The van der Waals surface area contributed by atoms with Crippen LogP contribution in [0, 0.1) is 5.92 Å². The highest BCUT2D eigenvalue weighted by molar-refractivity contribution is 5.90. The van der Waals surface area contributed by atoms with Gasteiger partial charge in [-0.05, 0) is 37.0 Å². The molecule has 4 rings (SSSR count). The molecule has 1 fully saturated rings. The third kappa shape index (κ3) is 3.03. The molecule has 0 radical (unpaired) electrons. The molecule has 0 amide bonds. The minimum atomic E-state index is 0.204. The number of aromatic hydroxyl groups is 1. The summed E-state index contributed by atoms with van der Waals surface area (Å²) in [6.45, 7) is 2.46. The number of nitrogens with one attached hydrogen (secondary N) is 1. The quantitative estimate of drug-likeness (QED) is 0.766. The molecule has 1 saturated heterocycles. The number of nitrogens with zero attached hydrogens (tertiary/aromatic N) is 4. The average molecular weight is 325 g/mol. The molecule has 1 aliphatic rings. The lowest BCUT2D eigenvalue weighted by molar-refractivity contribution is 0.0699. The summed E-state index contributed by atoms with van der Waals surface area (Å²) in [6, 6.07) is 5.13. The van der Waals surface area contributed by atoms with Gasteiger partial charge < -0.3 is 15.2 Å². The second-order valence-corrected chi connectivity index (χ2v) is 5.98. The topological polar surface area (TPSA) is 85.1 Å². The number of fused-ring (bicyclic) bond motifs is 1. The molecule has 124 valence electrons. The van der Waals surface area contributed by atoms with Crippen molar-refractivity contribution in [2.45, 2.75) is 12.8 Å². The van der Waals surface area contributed by atoms with E-state index in [1.807, 2.05) is 6.20 Å². The van der Waals surface area contributed by atoms with Gasteiger partial charge in [0.15, 0.2) is 0 Å². The summed E-state index contributed by atoms with van der Waals surface area (Å²) in [5.74, 6) is 2.06. The Balaban J connectivity index is 1.69. The summed E-state index contributed by atoms with van der Waals surface area (Å²) in [7, 11) is 0. The van der Waals surface area contributed by atoms with Crippen molar-refractivity contribution in [1.82, 2.24) is 19.5 Å². The molecular weight excluding hydrogens is 306 g/mol. The number of imidazole rings is 1. The molecule has 0 spiro atoms. The van der Waals surface area contributed by atoms with Gasteiger partial charge in [0.25, 0.3) is 0 Å². The zero-order valence-corrected chi connectivity index (χ0v) is 13.2. The van der Waals surface area contributed by atoms with Crippen LogP contribution < -0.4 is 5.32 Å². The number of anilines is 1. The number of rotatable bonds is 4. The molecule has 2 N–H and O–H groups in total. The standard InChI is InChI=1S/C17H19N5O2/c23-13-1-2-15-14(9-13)16(19-10-12-3-7-24-8-4-12)21-17(20-15)22-6-5-18-11-22/h1-2,5-6,9,11-12,23H,3-4,7-8,10H2,(H,19,20,21). The number of ether oxygens (including phenoxy) is 1. The first kappa shape index (κ1) is 14.9. The smallest absolute Gasteiger partial charge is 0.237 e. The molecule has 2 aromatic heterocycles. The highest BCUT2D eigenvalue weighted by atomic mass is 16.5. The van der Waals surface area contributed by atoms with E-state index in [4.69, 9.17) is 4.74 Å². The lowest BCUT2D eigenvalue weighted by Crippen LogP contribution is -2.23. The lowest BCUT2D eigenvalue weighted by Gasteiger charge is -2.22. The zero-order valence-electron chi connectivity index (χ0n) is 13.2. The van der Waals surface area contributed by atoms with Gasteiger partial charge in [0.2, 0.25) is 5.95 Å². The van der Waals surface area contributed by atoms with E-state index in [2.05, 4.69) is 20.3 Å². The molecule has 7 nitrogen and oxygen atoms in total. The number of hydrogen-bond donors (Lipinski definition) is 2. The summed E-state index contributed by atoms with van der Waals surface area (Å²) in [5, 5.41) is 14.1. The molecule has 0 bridgehead atoms. The Morgan fingerprint density at radius 1 is 1.25 bits per heavy atom. The van der Waals surface area contributed by atoms with Crippen molar-refractivity contribution in [3.8, 4) is 11.7 Å². The molecule has 0 unspecified atom stereocenters. The molecule has 0 saturated carbocycles. The SMILES string of the molecule is Oc1ccc2nc(-n3ccnc3)nc(NCC3CCOCC3)c2c1. The number of benzene rings is 1. The first-order chi connectivity index (χ1) is 11.8. The van der Waals surface area contributed by atoms with Gasteiger partial charge in [-0.2, -0.15) is 4.98 Å². The van der Waals surface area contributed by atoms with E-state index in [9.17, 15) is 5.11 Å². The summed E-state index contributed by atoms with van der Waals surface area (Å²) >= 11 is 0. The maximum atomic E-state index is 9.81. The van der Waals surface area contributed by atoms with Gasteiger partial charge in [-0.3, -0.25) is 4.57 Å². The minimum Gasteiger partial charge on any atom is -0.508 e. The maximum Gasteiger partial charge on any atom is 0.237 e. The van der Waals surface area contributed by atoms with Crippen molar-refractivity contribution in [2.24, 2.45) is 5.92 Å². The Morgan fingerprint density at radius 2 is 2.12 bits per heavy atom. The second kappa shape index (κ2) is 6.45. The summed E-state index contributed by atoms with van der Waals surface area (Å²) in [5.41, 5.74) is 0.779. The highest BCUT2D eigenvalue weighted by Crippen LogP contribution is 2.26. The van der Waals surface area contributed by atoms with E-state index in [1.165, 1.54) is 0 Å². The van der Waals surface area contributed by atoms with Crippen LogP contribution in [0.2, 0.25) is 0 Å². The summed E-state index contributed by atoms with van der Waals surface area (Å²) in [6.07, 6.45) is 7.28. The van der Waals surface area contributed by atoms with Crippen molar-refractivity contribution in [3.05, 3.63) is 36.9 Å². The molecule has 3 heterocycles. The minimum absolute atomic E-state index is 0.204. The molecule has 24 heavy (non-hydrogen) atoms. The second-order valence-electron chi connectivity index (χ2n) is 5.98. The van der Waals surface area contributed by atoms with Crippen LogP contribution in [0.5, 0.6) is 5.75 Å². The van der Waals surface area contributed by atoms with Crippen molar-refractivity contribution in [2.75, 3.05) is 25.1 Å². The van der Waals surface area contributed by atoms with Crippen LogP contribution in [-0.4, -0.2) is 44.4 Å². The number of phenols is 1. The molecule has 7 heteroatoms. The van der Waals surface area contributed by atoms with E-state index in [1.54, 1.807) is 35.3 Å². The van der Waals surface area contributed by atoms with E-state index < -0.39 is 0 Å². The van der Waals surface area contributed by atoms with Gasteiger partial charge in [-0.25, -0.2) is 9.97 Å². The Hall–Kier alpha value is -2.67. The maximum absolute atomic E-state index is 9.81. The Kier molecular flexibility index (Phi) is 4.00. The van der Waals surface area contributed by atoms with Crippen LogP contribution in [0.25, 0.3) is 16.9 Å². The van der Waals surface area contributed by atoms with E-state index >= 15 is 0 Å². The predicted molar refractivity (Wildman–Crippen MR) is 90.4 cm³/mol. The highest BCUT2D eigenvalue weighted by Gasteiger charge is 2.15. The zero-order chi connectivity index (χ0) is 16.4. The van der Waals surface area contributed by atoms with Gasteiger partial charge >= 0.3 is 0 Å². The fraction of sp³-hybridized carbons (Fsp3) is 0.353. The van der Waals surface area contributed by atoms with Crippen LogP contribution in [-0.2, 0) is 4.74 Å². The molecule has 3 aromatic rings. The first-order valence-electron chi connectivity index (χ1n) is 8.10. The first-order valence-corrected chi connectivity index (χ1v) is 8.10. The van der Waals surface area contributed by atoms with Crippen LogP contribution >= 0.6 is 0 Å². The van der Waals surface area contributed by atoms with Crippen molar-refractivity contribution in [1.29, 1.82) is 0 Å². The van der Waals surface area contributed by atoms with Gasteiger partial charge in [-0.1, -0.05) is 0 Å². The average Bonchev–Trinajstić information content (AvgIpc) is 3.15. The normalized spacial score (nSPS) is 15.7. The number of phenolic OH excluding ortho intramolecular Hbond substituents is 1. The van der Waals surface area contributed by atoms with Gasteiger partial charge in [0.1, 0.15) is 17.9 Å². The monoisotopic (exact) mass is 325 g/mol. The lowest BCUT2D eigenvalue weighted by atomic mass is 10.0. The van der Waals surface area contributed by atoms with Crippen molar-refractivity contribution in [3.63, 3.8) is 0 Å². The molecule has 1 aliphatic heterocycles. The largest absolute Gasteiger partial charge is 0.508 e.